The molecule has 2 aromatic carbocycles. The van der Waals surface area contributed by atoms with E-state index in [1.807, 2.05) is 59.5 Å². The molecule has 3 aromatic heterocycles. The fourth-order valence-corrected chi connectivity index (χ4v) is 3.45. The number of nitrogens with one attached hydrogen (secondary N) is 1. The molecular formula is C25H17F2N5. The Hall–Kier alpha value is -4.39. The van der Waals surface area contributed by atoms with Crippen LogP contribution in [-0.4, -0.2) is 19.9 Å². The van der Waals surface area contributed by atoms with Crippen molar-refractivity contribution in [3.8, 4) is 22.6 Å². The standard InChI is InChI=1S/C25H17F2N5/c26-17-12-13-19(20(27)14-17)21-8-4-10-24(30-21)32(18-6-2-1-3-7-18)25-11-5-9-22(31-25)23-15-28-16-29-23/h1-16H,(H,28,29). The zero-order valence-electron chi connectivity index (χ0n) is 16.8. The van der Waals surface area contributed by atoms with Crippen molar-refractivity contribution >= 4 is 17.3 Å². The molecule has 0 aliphatic rings. The molecule has 0 aliphatic heterocycles. The maximum Gasteiger partial charge on any atom is 0.139 e. The van der Waals surface area contributed by atoms with Crippen molar-refractivity contribution in [3.63, 3.8) is 0 Å². The lowest BCUT2D eigenvalue weighted by Gasteiger charge is -2.24. The molecule has 5 rings (SSSR count). The summed E-state index contributed by atoms with van der Waals surface area (Å²) >= 11 is 0. The molecule has 0 bridgehead atoms. The van der Waals surface area contributed by atoms with Gasteiger partial charge in [-0.15, -0.1) is 0 Å². The minimum atomic E-state index is -0.666. The van der Waals surface area contributed by atoms with Crippen molar-refractivity contribution < 1.29 is 8.78 Å². The van der Waals surface area contributed by atoms with Gasteiger partial charge in [-0.2, -0.15) is 0 Å². The third-order valence-corrected chi connectivity index (χ3v) is 4.92. The molecule has 3 heterocycles. The van der Waals surface area contributed by atoms with Gasteiger partial charge >= 0.3 is 0 Å². The number of rotatable bonds is 5. The lowest BCUT2D eigenvalue weighted by molar-refractivity contribution is 0.585. The molecular weight excluding hydrogens is 408 g/mol. The third-order valence-electron chi connectivity index (χ3n) is 4.92. The number of aromatic nitrogens is 4. The SMILES string of the molecule is Fc1ccc(-c2cccc(N(c3ccccc3)c3cccc(-c4cnc[nH]4)n3)n2)c(F)c1. The first kappa shape index (κ1) is 19.6. The number of benzene rings is 2. The Bertz CT molecular complexity index is 1350. The average molecular weight is 425 g/mol. The predicted octanol–water partition coefficient (Wildman–Crippen LogP) is 6.28. The Morgan fingerprint density at radius 3 is 2.12 bits per heavy atom. The molecule has 32 heavy (non-hydrogen) atoms. The van der Waals surface area contributed by atoms with E-state index >= 15 is 0 Å². The molecule has 7 heteroatoms. The number of halogens is 2. The van der Waals surface area contributed by atoms with Crippen molar-refractivity contribution in [1.82, 2.24) is 19.9 Å². The smallest absolute Gasteiger partial charge is 0.139 e. The fourth-order valence-electron chi connectivity index (χ4n) is 3.45. The van der Waals surface area contributed by atoms with Crippen LogP contribution < -0.4 is 4.90 Å². The number of pyridine rings is 2. The number of aromatic amines is 1. The molecule has 0 fully saturated rings. The van der Waals surface area contributed by atoms with Crippen LogP contribution in [0.5, 0.6) is 0 Å². The number of para-hydroxylation sites is 1. The van der Waals surface area contributed by atoms with E-state index in [0.717, 1.165) is 23.1 Å². The highest BCUT2D eigenvalue weighted by Crippen LogP contribution is 2.34. The Labute approximate surface area is 183 Å². The number of H-pyrrole nitrogens is 1. The van der Waals surface area contributed by atoms with Crippen molar-refractivity contribution in [2.24, 2.45) is 0 Å². The Balaban J connectivity index is 1.64. The molecule has 0 atom stereocenters. The minimum absolute atomic E-state index is 0.223. The van der Waals surface area contributed by atoms with Crippen LogP contribution in [0.25, 0.3) is 22.6 Å². The van der Waals surface area contributed by atoms with Gasteiger partial charge in [-0.25, -0.2) is 23.7 Å². The second-order valence-electron chi connectivity index (χ2n) is 7.02. The first-order valence-corrected chi connectivity index (χ1v) is 9.92. The highest BCUT2D eigenvalue weighted by Gasteiger charge is 2.17. The van der Waals surface area contributed by atoms with Crippen molar-refractivity contribution in [2.45, 2.75) is 0 Å². The quantitative estimate of drug-likeness (QED) is 0.360. The summed E-state index contributed by atoms with van der Waals surface area (Å²) < 4.78 is 27.8. The van der Waals surface area contributed by atoms with E-state index in [0.29, 0.717) is 17.3 Å². The van der Waals surface area contributed by atoms with E-state index in [4.69, 9.17) is 4.98 Å². The van der Waals surface area contributed by atoms with Gasteiger partial charge in [0.2, 0.25) is 0 Å². The molecule has 0 radical (unpaired) electrons. The van der Waals surface area contributed by atoms with Gasteiger partial charge in [0.15, 0.2) is 0 Å². The minimum Gasteiger partial charge on any atom is -0.343 e. The largest absolute Gasteiger partial charge is 0.343 e. The summed E-state index contributed by atoms with van der Waals surface area (Å²) in [5, 5.41) is 0. The molecule has 0 spiro atoms. The molecule has 5 nitrogen and oxygen atoms in total. The van der Waals surface area contributed by atoms with Gasteiger partial charge < -0.3 is 4.98 Å². The third kappa shape index (κ3) is 3.83. The molecule has 0 unspecified atom stereocenters. The van der Waals surface area contributed by atoms with Crippen LogP contribution in [-0.2, 0) is 0 Å². The molecule has 1 N–H and O–H groups in total. The Morgan fingerprint density at radius 2 is 1.44 bits per heavy atom. The van der Waals surface area contributed by atoms with Gasteiger partial charge in [0.1, 0.15) is 23.3 Å². The van der Waals surface area contributed by atoms with E-state index in [-0.39, 0.29) is 5.56 Å². The Kier molecular flexibility index (Phi) is 5.13. The van der Waals surface area contributed by atoms with Gasteiger partial charge in [0, 0.05) is 17.3 Å². The first-order chi connectivity index (χ1) is 15.7. The molecule has 5 aromatic rings. The van der Waals surface area contributed by atoms with Gasteiger partial charge in [0.05, 0.1) is 29.6 Å². The van der Waals surface area contributed by atoms with Crippen LogP contribution in [0.15, 0.2) is 97.5 Å². The molecule has 0 saturated heterocycles. The molecule has 156 valence electrons. The second kappa shape index (κ2) is 8.39. The van der Waals surface area contributed by atoms with Gasteiger partial charge in [0.25, 0.3) is 0 Å². The zero-order valence-corrected chi connectivity index (χ0v) is 16.8. The summed E-state index contributed by atoms with van der Waals surface area (Å²) in [5.41, 5.74) is 2.97. The van der Waals surface area contributed by atoms with Crippen molar-refractivity contribution in [3.05, 3.63) is 109 Å². The number of imidazole rings is 1. The summed E-state index contributed by atoms with van der Waals surface area (Å²) in [6.45, 7) is 0. The van der Waals surface area contributed by atoms with E-state index < -0.39 is 11.6 Å². The predicted molar refractivity (Wildman–Crippen MR) is 120 cm³/mol. The van der Waals surface area contributed by atoms with Crippen LogP contribution >= 0.6 is 0 Å². The van der Waals surface area contributed by atoms with Gasteiger partial charge in [-0.05, 0) is 48.5 Å². The van der Waals surface area contributed by atoms with E-state index in [1.54, 1.807) is 24.7 Å². The van der Waals surface area contributed by atoms with Crippen LogP contribution in [0.4, 0.5) is 26.1 Å². The normalized spacial score (nSPS) is 10.8. The van der Waals surface area contributed by atoms with Crippen LogP contribution in [0.2, 0.25) is 0 Å². The molecule has 0 amide bonds. The summed E-state index contributed by atoms with van der Waals surface area (Å²) in [5.74, 6) is -0.118. The average Bonchev–Trinajstić information content (AvgIpc) is 3.36. The summed E-state index contributed by atoms with van der Waals surface area (Å²) in [7, 11) is 0. The number of anilines is 3. The monoisotopic (exact) mass is 425 g/mol. The second-order valence-corrected chi connectivity index (χ2v) is 7.02. The maximum atomic E-state index is 14.4. The lowest BCUT2D eigenvalue weighted by Crippen LogP contribution is -2.13. The number of nitrogens with zero attached hydrogens (tertiary/aromatic N) is 4. The number of hydrogen-bond donors (Lipinski definition) is 1. The summed E-state index contributed by atoms with van der Waals surface area (Å²) in [6, 6.07) is 24.1. The van der Waals surface area contributed by atoms with Crippen LogP contribution in [0, 0.1) is 11.6 Å². The highest BCUT2D eigenvalue weighted by atomic mass is 19.1. The molecule has 0 saturated carbocycles. The number of hydrogen-bond acceptors (Lipinski definition) is 4. The van der Waals surface area contributed by atoms with Crippen LogP contribution in [0.3, 0.4) is 0 Å². The summed E-state index contributed by atoms with van der Waals surface area (Å²) in [6.07, 6.45) is 3.30. The Morgan fingerprint density at radius 1 is 0.719 bits per heavy atom. The van der Waals surface area contributed by atoms with E-state index in [1.165, 1.54) is 12.1 Å². The van der Waals surface area contributed by atoms with E-state index in [9.17, 15) is 8.78 Å². The van der Waals surface area contributed by atoms with Gasteiger partial charge in [-0.1, -0.05) is 30.3 Å². The molecule has 0 aliphatic carbocycles. The van der Waals surface area contributed by atoms with E-state index in [2.05, 4.69) is 15.0 Å². The van der Waals surface area contributed by atoms with Crippen LogP contribution in [0.1, 0.15) is 0 Å². The topological polar surface area (TPSA) is 57.7 Å². The maximum absolute atomic E-state index is 14.4. The zero-order chi connectivity index (χ0) is 21.9. The lowest BCUT2D eigenvalue weighted by atomic mass is 10.1. The summed E-state index contributed by atoms with van der Waals surface area (Å²) in [4.78, 5) is 18.5. The fraction of sp³-hybridized carbons (Fsp3) is 0. The van der Waals surface area contributed by atoms with Crippen molar-refractivity contribution in [1.29, 1.82) is 0 Å². The van der Waals surface area contributed by atoms with Gasteiger partial charge in [-0.3, -0.25) is 4.90 Å². The first-order valence-electron chi connectivity index (χ1n) is 9.92. The van der Waals surface area contributed by atoms with Crippen molar-refractivity contribution in [2.75, 3.05) is 4.90 Å². The highest BCUT2D eigenvalue weighted by molar-refractivity contribution is 5.75.